The van der Waals surface area contributed by atoms with Crippen molar-refractivity contribution in [3.63, 3.8) is 0 Å². The largest absolute Gasteiger partial charge is 0.440 e. The van der Waals surface area contributed by atoms with Gasteiger partial charge in [0, 0.05) is 6.54 Å². The van der Waals surface area contributed by atoms with Gasteiger partial charge in [-0.2, -0.15) is 0 Å². The lowest BCUT2D eigenvalue weighted by Crippen LogP contribution is -2.22. The van der Waals surface area contributed by atoms with E-state index in [9.17, 15) is 4.79 Å². The Bertz CT molecular complexity index is 1370. The normalized spacial score (nSPS) is 11.6. The molecule has 3 heterocycles. The number of aromatic nitrogens is 5. The summed E-state index contributed by atoms with van der Waals surface area (Å²) >= 11 is 1.46. The Morgan fingerprint density at radius 1 is 1.11 bits per heavy atom. The highest BCUT2D eigenvalue weighted by Crippen LogP contribution is 2.26. The first-order valence-corrected chi connectivity index (χ1v) is 9.69. The molecule has 0 spiro atoms. The summed E-state index contributed by atoms with van der Waals surface area (Å²) in [6, 6.07) is 15.1. The molecule has 28 heavy (non-hydrogen) atoms. The number of para-hydroxylation sites is 3. The summed E-state index contributed by atoms with van der Waals surface area (Å²) in [7, 11) is 0. The molecular weight excluding hydrogens is 374 g/mol. The highest BCUT2D eigenvalue weighted by atomic mass is 32.2. The van der Waals surface area contributed by atoms with Crippen molar-refractivity contribution in [2.75, 3.05) is 0 Å². The van der Waals surface area contributed by atoms with Crippen LogP contribution in [0.4, 0.5) is 0 Å². The fourth-order valence-corrected chi connectivity index (χ4v) is 4.01. The molecular formula is C20H15N5O2S. The first kappa shape index (κ1) is 16.8. The molecule has 0 aliphatic carbocycles. The summed E-state index contributed by atoms with van der Waals surface area (Å²) in [4.78, 5) is 17.3. The van der Waals surface area contributed by atoms with Gasteiger partial charge in [0.05, 0.1) is 16.7 Å². The molecule has 0 amide bonds. The van der Waals surface area contributed by atoms with Crippen molar-refractivity contribution in [2.24, 2.45) is 0 Å². The summed E-state index contributed by atoms with van der Waals surface area (Å²) in [6.07, 6.45) is 1.68. The second kappa shape index (κ2) is 6.65. The highest BCUT2D eigenvalue weighted by Gasteiger charge is 2.17. The molecule has 2 aromatic carbocycles. The van der Waals surface area contributed by atoms with Gasteiger partial charge in [-0.25, -0.2) is 4.98 Å². The van der Waals surface area contributed by atoms with Crippen LogP contribution in [-0.4, -0.2) is 24.1 Å². The quantitative estimate of drug-likeness (QED) is 0.337. The van der Waals surface area contributed by atoms with Crippen LogP contribution in [-0.2, 0) is 12.3 Å². The van der Waals surface area contributed by atoms with Crippen LogP contribution in [0.2, 0.25) is 0 Å². The predicted octanol–water partition coefficient (Wildman–Crippen LogP) is 3.66. The maximum atomic E-state index is 12.8. The van der Waals surface area contributed by atoms with E-state index >= 15 is 0 Å². The maximum Gasteiger partial charge on any atom is 0.263 e. The van der Waals surface area contributed by atoms with Gasteiger partial charge in [-0.3, -0.25) is 13.8 Å². The van der Waals surface area contributed by atoms with Gasteiger partial charge in [-0.1, -0.05) is 42.1 Å². The average molecular weight is 389 g/mol. The van der Waals surface area contributed by atoms with Crippen molar-refractivity contribution in [1.82, 2.24) is 24.1 Å². The lowest BCUT2D eigenvalue weighted by atomic mass is 10.2. The van der Waals surface area contributed by atoms with Gasteiger partial charge >= 0.3 is 0 Å². The van der Waals surface area contributed by atoms with E-state index in [-0.39, 0.29) is 5.56 Å². The Labute approximate surface area is 163 Å². The monoisotopic (exact) mass is 389 g/mol. The molecule has 5 aromatic rings. The first-order valence-electron chi connectivity index (χ1n) is 8.71. The Kier molecular flexibility index (Phi) is 3.98. The SMILES string of the molecule is C=CCn1c(=O)c2ccccc2n2c(SCc3nc4ccccc4o3)nnc12. The minimum atomic E-state index is -0.106. The van der Waals surface area contributed by atoms with Crippen LogP contribution in [0.1, 0.15) is 5.89 Å². The van der Waals surface area contributed by atoms with Crippen LogP contribution in [0.15, 0.2) is 75.6 Å². The molecule has 0 fully saturated rings. The van der Waals surface area contributed by atoms with Crippen molar-refractivity contribution in [1.29, 1.82) is 0 Å². The molecule has 5 rings (SSSR count). The van der Waals surface area contributed by atoms with Crippen LogP contribution in [0.3, 0.4) is 0 Å². The number of oxazole rings is 1. The number of rotatable bonds is 5. The third-order valence-corrected chi connectivity index (χ3v) is 5.37. The van der Waals surface area contributed by atoms with Crippen LogP contribution in [0.5, 0.6) is 0 Å². The average Bonchev–Trinajstić information content (AvgIpc) is 3.33. The zero-order valence-electron chi connectivity index (χ0n) is 14.8. The van der Waals surface area contributed by atoms with Gasteiger partial charge in [0.1, 0.15) is 5.52 Å². The zero-order chi connectivity index (χ0) is 19.1. The number of benzene rings is 2. The second-order valence-electron chi connectivity index (χ2n) is 6.20. The molecule has 7 nitrogen and oxygen atoms in total. The Hall–Kier alpha value is -3.39. The van der Waals surface area contributed by atoms with Gasteiger partial charge in [0.25, 0.3) is 5.56 Å². The Balaban J connectivity index is 1.61. The number of fused-ring (bicyclic) bond motifs is 4. The van der Waals surface area contributed by atoms with Gasteiger partial charge < -0.3 is 4.42 Å². The summed E-state index contributed by atoms with van der Waals surface area (Å²) in [5, 5.41) is 9.85. The minimum Gasteiger partial charge on any atom is -0.440 e. The molecule has 8 heteroatoms. The van der Waals surface area contributed by atoms with Gasteiger partial charge in [0.2, 0.25) is 11.7 Å². The van der Waals surface area contributed by atoms with Crippen LogP contribution >= 0.6 is 11.8 Å². The van der Waals surface area contributed by atoms with E-state index in [2.05, 4.69) is 21.8 Å². The lowest BCUT2D eigenvalue weighted by molar-refractivity contribution is 0.556. The predicted molar refractivity (Wildman–Crippen MR) is 109 cm³/mol. The molecule has 138 valence electrons. The fraction of sp³-hybridized carbons (Fsp3) is 0.100. The van der Waals surface area contributed by atoms with E-state index in [0.717, 1.165) is 16.6 Å². The second-order valence-corrected chi connectivity index (χ2v) is 7.15. The number of hydrogen-bond donors (Lipinski definition) is 0. The molecule has 0 saturated carbocycles. The van der Waals surface area contributed by atoms with Crippen molar-refractivity contribution < 1.29 is 4.42 Å². The Morgan fingerprint density at radius 2 is 1.93 bits per heavy atom. The molecule has 0 atom stereocenters. The van der Waals surface area contributed by atoms with Gasteiger partial charge in [-0.05, 0) is 24.3 Å². The van der Waals surface area contributed by atoms with E-state index in [4.69, 9.17) is 4.42 Å². The smallest absolute Gasteiger partial charge is 0.263 e. The molecule has 0 radical (unpaired) electrons. The summed E-state index contributed by atoms with van der Waals surface area (Å²) in [5.41, 5.74) is 2.25. The van der Waals surface area contributed by atoms with Crippen LogP contribution in [0, 0.1) is 0 Å². The highest BCUT2D eigenvalue weighted by molar-refractivity contribution is 7.98. The topological polar surface area (TPSA) is 78.2 Å². The van der Waals surface area contributed by atoms with E-state index < -0.39 is 0 Å². The zero-order valence-corrected chi connectivity index (χ0v) is 15.6. The van der Waals surface area contributed by atoms with E-state index in [1.54, 1.807) is 10.6 Å². The van der Waals surface area contributed by atoms with Crippen LogP contribution < -0.4 is 5.56 Å². The summed E-state index contributed by atoms with van der Waals surface area (Å²) < 4.78 is 9.26. The van der Waals surface area contributed by atoms with Crippen molar-refractivity contribution in [2.45, 2.75) is 17.5 Å². The number of nitrogens with zero attached hydrogens (tertiary/aromatic N) is 5. The summed E-state index contributed by atoms with van der Waals surface area (Å²) in [5.74, 6) is 1.61. The third kappa shape index (κ3) is 2.61. The van der Waals surface area contributed by atoms with Crippen molar-refractivity contribution in [3.05, 3.63) is 77.4 Å². The van der Waals surface area contributed by atoms with Crippen LogP contribution in [0.25, 0.3) is 27.8 Å². The molecule has 0 aliphatic rings. The molecule has 0 aliphatic heterocycles. The van der Waals surface area contributed by atoms with Gasteiger partial charge in [0.15, 0.2) is 10.7 Å². The minimum absolute atomic E-state index is 0.106. The van der Waals surface area contributed by atoms with Crippen molar-refractivity contribution >= 4 is 39.5 Å². The van der Waals surface area contributed by atoms with Gasteiger partial charge in [-0.15, -0.1) is 16.8 Å². The molecule has 3 aromatic heterocycles. The lowest BCUT2D eigenvalue weighted by Gasteiger charge is -2.09. The Morgan fingerprint density at radius 3 is 2.79 bits per heavy atom. The standard InChI is InChI=1S/C20H15N5O2S/c1-2-11-24-18(26)13-7-3-5-9-15(13)25-19(24)22-23-20(25)28-12-17-21-14-8-4-6-10-16(14)27-17/h2-10H,1,11-12H2. The maximum absolute atomic E-state index is 12.8. The van der Waals surface area contributed by atoms with E-state index in [1.807, 2.05) is 52.9 Å². The fourth-order valence-electron chi connectivity index (χ4n) is 3.23. The molecule has 0 bridgehead atoms. The molecule has 0 N–H and O–H groups in total. The van der Waals surface area contributed by atoms with E-state index in [0.29, 0.717) is 34.5 Å². The number of hydrogen-bond acceptors (Lipinski definition) is 6. The first-order chi connectivity index (χ1) is 13.8. The number of allylic oxidation sites excluding steroid dienone is 1. The molecule has 0 saturated heterocycles. The number of thioether (sulfide) groups is 1. The summed E-state index contributed by atoms with van der Waals surface area (Å²) in [6.45, 7) is 4.11. The van der Waals surface area contributed by atoms with Crippen molar-refractivity contribution in [3.8, 4) is 0 Å². The third-order valence-electron chi connectivity index (χ3n) is 4.45. The molecule has 0 unspecified atom stereocenters. The van der Waals surface area contributed by atoms with E-state index in [1.165, 1.54) is 11.8 Å².